The van der Waals surface area contributed by atoms with E-state index in [2.05, 4.69) is 5.32 Å². The molecule has 1 heterocycles. The molecule has 0 aliphatic carbocycles. The minimum Gasteiger partial charge on any atom is -0.478 e. The molecule has 0 radical (unpaired) electrons. The number of benzene rings is 3. The maximum absolute atomic E-state index is 13.4. The van der Waals surface area contributed by atoms with Gasteiger partial charge in [0.15, 0.2) is 0 Å². The van der Waals surface area contributed by atoms with Gasteiger partial charge < -0.3 is 10.4 Å². The summed E-state index contributed by atoms with van der Waals surface area (Å²) in [6.45, 7) is 2.05. The molecule has 1 aliphatic heterocycles. The average Bonchev–Trinajstić information content (AvgIpc) is 3.14. The number of carbonyl (C=O) groups excluding carboxylic acids is 1. The summed E-state index contributed by atoms with van der Waals surface area (Å²) in [6, 6.07) is 19.4. The van der Waals surface area contributed by atoms with Gasteiger partial charge in [0, 0.05) is 18.2 Å². The number of carboxylic acid groups (broad SMARTS) is 1. The molecule has 7 nitrogen and oxygen atoms in total. The van der Waals surface area contributed by atoms with E-state index in [0.29, 0.717) is 12.1 Å². The minimum absolute atomic E-state index is 0.0551. The van der Waals surface area contributed by atoms with Gasteiger partial charge >= 0.3 is 5.97 Å². The van der Waals surface area contributed by atoms with E-state index in [-0.39, 0.29) is 28.6 Å². The van der Waals surface area contributed by atoms with Crippen molar-refractivity contribution < 1.29 is 23.1 Å². The molecule has 0 fully saturated rings. The number of anilines is 1. The molecule has 2 N–H and O–H groups in total. The van der Waals surface area contributed by atoms with Crippen LogP contribution in [0.3, 0.4) is 0 Å². The Hall–Kier alpha value is -3.65. The van der Waals surface area contributed by atoms with Crippen molar-refractivity contribution in [2.45, 2.75) is 30.8 Å². The van der Waals surface area contributed by atoms with Gasteiger partial charge in [0.2, 0.25) is 0 Å². The van der Waals surface area contributed by atoms with Crippen LogP contribution in [0.25, 0.3) is 0 Å². The van der Waals surface area contributed by atoms with Gasteiger partial charge in [0.05, 0.1) is 16.1 Å². The van der Waals surface area contributed by atoms with Crippen molar-refractivity contribution in [2.75, 3.05) is 4.31 Å². The molecule has 8 heteroatoms. The van der Waals surface area contributed by atoms with Crippen molar-refractivity contribution in [3.8, 4) is 0 Å². The number of sulfonamides is 1. The summed E-state index contributed by atoms with van der Waals surface area (Å²) in [5, 5.41) is 11.7. The lowest BCUT2D eigenvalue weighted by Gasteiger charge is -2.24. The Balaban J connectivity index is 1.53. The number of amides is 1. The highest BCUT2D eigenvalue weighted by molar-refractivity contribution is 7.92. The van der Waals surface area contributed by atoms with E-state index in [1.165, 1.54) is 28.6 Å². The second kappa shape index (κ2) is 8.47. The number of rotatable bonds is 6. The summed E-state index contributed by atoms with van der Waals surface area (Å²) in [7, 11) is -3.84. The van der Waals surface area contributed by atoms with Crippen LogP contribution in [-0.4, -0.2) is 31.4 Å². The molecule has 1 aliphatic rings. The molecule has 4 rings (SSSR count). The lowest BCUT2D eigenvalue weighted by atomic mass is 10.1. The summed E-state index contributed by atoms with van der Waals surface area (Å²) >= 11 is 0. The molecule has 164 valence electrons. The number of aromatic carboxylic acids is 1. The molecule has 1 atom stereocenters. The molecule has 1 amide bonds. The fraction of sp³-hybridized carbons (Fsp3) is 0.167. The molecule has 32 heavy (non-hydrogen) atoms. The van der Waals surface area contributed by atoms with E-state index in [9.17, 15) is 18.0 Å². The van der Waals surface area contributed by atoms with Crippen LogP contribution in [0, 0.1) is 0 Å². The molecular formula is C24H22N2O5S. The summed E-state index contributed by atoms with van der Waals surface area (Å²) in [5.41, 5.74) is 2.77. The van der Waals surface area contributed by atoms with E-state index < -0.39 is 21.9 Å². The quantitative estimate of drug-likeness (QED) is 0.599. The van der Waals surface area contributed by atoms with Crippen LogP contribution in [0.5, 0.6) is 0 Å². The first-order valence-corrected chi connectivity index (χ1v) is 11.5. The number of hydrogen-bond acceptors (Lipinski definition) is 4. The van der Waals surface area contributed by atoms with Gasteiger partial charge in [-0.2, -0.15) is 0 Å². The molecule has 0 unspecified atom stereocenters. The van der Waals surface area contributed by atoms with Crippen molar-refractivity contribution in [1.29, 1.82) is 0 Å². The molecular weight excluding hydrogens is 428 g/mol. The van der Waals surface area contributed by atoms with Crippen molar-refractivity contribution in [3.63, 3.8) is 0 Å². The zero-order valence-corrected chi connectivity index (χ0v) is 18.2. The predicted molar refractivity (Wildman–Crippen MR) is 120 cm³/mol. The lowest BCUT2D eigenvalue weighted by molar-refractivity contribution is 0.0696. The predicted octanol–water partition coefficient (Wildman–Crippen LogP) is 3.45. The first-order chi connectivity index (χ1) is 15.3. The Morgan fingerprint density at radius 1 is 1.00 bits per heavy atom. The Kier molecular flexibility index (Phi) is 5.71. The van der Waals surface area contributed by atoms with Crippen LogP contribution >= 0.6 is 0 Å². The van der Waals surface area contributed by atoms with Gasteiger partial charge in [0.25, 0.3) is 15.9 Å². The summed E-state index contributed by atoms with van der Waals surface area (Å²) in [5.74, 6) is -1.44. The Bertz CT molecular complexity index is 1290. The van der Waals surface area contributed by atoms with Crippen molar-refractivity contribution in [1.82, 2.24) is 5.32 Å². The topological polar surface area (TPSA) is 104 Å². The highest BCUT2D eigenvalue weighted by Crippen LogP contribution is 2.36. The van der Waals surface area contributed by atoms with Gasteiger partial charge in [-0.1, -0.05) is 36.4 Å². The third kappa shape index (κ3) is 4.09. The molecule has 0 saturated heterocycles. The normalized spacial score (nSPS) is 15.3. The van der Waals surface area contributed by atoms with E-state index in [4.69, 9.17) is 5.11 Å². The van der Waals surface area contributed by atoms with Crippen LogP contribution in [0.15, 0.2) is 77.7 Å². The highest BCUT2D eigenvalue weighted by Gasteiger charge is 2.36. The number of fused-ring (bicyclic) bond motifs is 1. The van der Waals surface area contributed by atoms with Gasteiger partial charge in [0.1, 0.15) is 0 Å². The molecule has 3 aromatic carbocycles. The molecule has 0 spiro atoms. The van der Waals surface area contributed by atoms with Crippen LogP contribution in [-0.2, 0) is 23.0 Å². The van der Waals surface area contributed by atoms with E-state index in [1.807, 2.05) is 25.1 Å². The van der Waals surface area contributed by atoms with Gasteiger partial charge in [-0.3, -0.25) is 9.10 Å². The average molecular weight is 451 g/mol. The molecule has 3 aromatic rings. The lowest BCUT2D eigenvalue weighted by Crippen LogP contribution is -2.35. The fourth-order valence-electron chi connectivity index (χ4n) is 3.86. The Morgan fingerprint density at radius 3 is 2.44 bits per heavy atom. The third-order valence-electron chi connectivity index (χ3n) is 5.45. The number of carbonyl (C=O) groups is 2. The number of carboxylic acids is 1. The van der Waals surface area contributed by atoms with Gasteiger partial charge in [-0.05, 0) is 60.9 Å². The molecule has 0 saturated carbocycles. The number of para-hydroxylation sites is 1. The largest absolute Gasteiger partial charge is 0.478 e. The van der Waals surface area contributed by atoms with Crippen molar-refractivity contribution >= 4 is 27.6 Å². The monoisotopic (exact) mass is 450 g/mol. The summed E-state index contributed by atoms with van der Waals surface area (Å²) in [6.07, 6.45) is 0.635. The van der Waals surface area contributed by atoms with Crippen LogP contribution in [0.1, 0.15) is 38.8 Å². The zero-order chi connectivity index (χ0) is 22.9. The second-order valence-corrected chi connectivity index (χ2v) is 9.51. The highest BCUT2D eigenvalue weighted by atomic mass is 32.2. The van der Waals surface area contributed by atoms with Crippen LogP contribution < -0.4 is 9.62 Å². The van der Waals surface area contributed by atoms with Crippen molar-refractivity contribution in [3.05, 3.63) is 95.1 Å². The number of hydrogen-bond donors (Lipinski definition) is 2. The van der Waals surface area contributed by atoms with Crippen LogP contribution in [0.4, 0.5) is 5.69 Å². The summed E-state index contributed by atoms with van der Waals surface area (Å²) in [4.78, 5) is 23.6. The molecule has 0 aromatic heterocycles. The van der Waals surface area contributed by atoms with Crippen LogP contribution in [0.2, 0.25) is 0 Å². The van der Waals surface area contributed by atoms with Gasteiger partial charge in [-0.25, -0.2) is 13.2 Å². The van der Waals surface area contributed by atoms with E-state index in [0.717, 1.165) is 11.1 Å². The minimum atomic E-state index is -3.84. The zero-order valence-electron chi connectivity index (χ0n) is 17.4. The van der Waals surface area contributed by atoms with E-state index >= 15 is 0 Å². The van der Waals surface area contributed by atoms with E-state index in [1.54, 1.807) is 30.3 Å². The maximum Gasteiger partial charge on any atom is 0.335 e. The SMILES string of the molecule is C[C@H]1Cc2ccccc2N1S(=O)(=O)c1cccc(C(=O)NCc2ccc(C(=O)O)cc2)c1. The standard InChI is InChI=1S/C24H22N2O5S/c1-16-13-19-5-2-3-8-22(19)26(16)32(30,31)21-7-4-6-20(14-21)23(27)25-15-17-9-11-18(12-10-17)24(28)29/h2-12,14,16H,13,15H2,1H3,(H,25,27)(H,28,29)/t16-/m0/s1. The summed E-state index contributed by atoms with van der Waals surface area (Å²) < 4.78 is 28.2. The Morgan fingerprint density at radius 2 is 1.72 bits per heavy atom. The number of nitrogens with zero attached hydrogens (tertiary/aromatic N) is 1. The second-order valence-electron chi connectivity index (χ2n) is 7.70. The third-order valence-corrected chi connectivity index (χ3v) is 7.38. The van der Waals surface area contributed by atoms with Crippen molar-refractivity contribution in [2.24, 2.45) is 0 Å². The van der Waals surface area contributed by atoms with Gasteiger partial charge in [-0.15, -0.1) is 0 Å². The maximum atomic E-state index is 13.4. The number of nitrogens with one attached hydrogen (secondary N) is 1. The fourth-order valence-corrected chi connectivity index (χ4v) is 5.60. The smallest absolute Gasteiger partial charge is 0.335 e. The first kappa shape index (κ1) is 21.6. The first-order valence-electron chi connectivity index (χ1n) is 10.1. The molecule has 0 bridgehead atoms. The Labute approximate surface area is 186 Å².